The Bertz CT molecular complexity index is 195. The second-order valence-corrected chi connectivity index (χ2v) is 5.58. The third kappa shape index (κ3) is 4.59. The van der Waals surface area contributed by atoms with Gasteiger partial charge in [-0.05, 0) is 32.7 Å². The molecular weight excluding hydrogens is 210 g/mol. The molecule has 0 aromatic rings. The molecule has 1 aliphatic heterocycles. The van der Waals surface area contributed by atoms with Gasteiger partial charge in [-0.2, -0.15) is 0 Å². The van der Waals surface area contributed by atoms with E-state index in [9.17, 15) is 0 Å². The normalized spacial score (nSPS) is 28.2. The molecule has 0 spiro atoms. The lowest BCUT2D eigenvalue weighted by molar-refractivity contribution is 0.0924. The monoisotopic (exact) mass is 241 g/mol. The maximum atomic E-state index is 5.70. The molecule has 1 aliphatic rings. The van der Waals surface area contributed by atoms with Gasteiger partial charge in [-0.1, -0.05) is 39.5 Å². The minimum Gasteiger partial charge on any atom is -0.378 e. The van der Waals surface area contributed by atoms with E-state index in [0.29, 0.717) is 12.1 Å². The molecule has 1 rings (SSSR count). The van der Waals surface area contributed by atoms with Gasteiger partial charge in [0.25, 0.3) is 0 Å². The maximum Gasteiger partial charge on any atom is 0.0590 e. The Morgan fingerprint density at radius 1 is 1.35 bits per heavy atom. The van der Waals surface area contributed by atoms with Crippen LogP contribution < -0.4 is 5.32 Å². The van der Waals surface area contributed by atoms with E-state index in [0.717, 1.165) is 18.4 Å². The molecule has 1 fully saturated rings. The van der Waals surface area contributed by atoms with E-state index >= 15 is 0 Å². The van der Waals surface area contributed by atoms with Crippen LogP contribution in [0.2, 0.25) is 0 Å². The van der Waals surface area contributed by atoms with Crippen molar-refractivity contribution in [3.63, 3.8) is 0 Å². The van der Waals surface area contributed by atoms with E-state index in [-0.39, 0.29) is 0 Å². The minimum atomic E-state index is 0.441. The first-order valence-corrected chi connectivity index (χ1v) is 7.51. The Labute approximate surface area is 108 Å². The van der Waals surface area contributed by atoms with Gasteiger partial charge in [-0.3, -0.25) is 0 Å². The van der Waals surface area contributed by atoms with Gasteiger partial charge in [0.1, 0.15) is 0 Å². The zero-order valence-electron chi connectivity index (χ0n) is 12.2. The summed E-state index contributed by atoms with van der Waals surface area (Å²) in [7, 11) is 2.11. The standard InChI is InChI=1S/C15H31NO/c1-5-7-8-13(6-2)11-15(16-4)14-9-10-17-12(14)3/h12-16H,5-11H2,1-4H3. The van der Waals surface area contributed by atoms with Crippen LogP contribution in [0.3, 0.4) is 0 Å². The van der Waals surface area contributed by atoms with E-state index in [4.69, 9.17) is 4.74 Å². The van der Waals surface area contributed by atoms with Crippen LogP contribution in [0.1, 0.15) is 59.3 Å². The summed E-state index contributed by atoms with van der Waals surface area (Å²) in [6, 6.07) is 0.648. The van der Waals surface area contributed by atoms with Crippen LogP contribution in [-0.2, 0) is 4.74 Å². The van der Waals surface area contributed by atoms with Crippen LogP contribution in [0.5, 0.6) is 0 Å². The van der Waals surface area contributed by atoms with Crippen LogP contribution in [0.4, 0.5) is 0 Å². The highest BCUT2D eigenvalue weighted by Crippen LogP contribution is 2.29. The SMILES string of the molecule is CCCCC(CC)CC(NC)C1CCOC1C. The molecule has 1 saturated heterocycles. The largest absolute Gasteiger partial charge is 0.378 e. The van der Waals surface area contributed by atoms with Crippen molar-refractivity contribution >= 4 is 0 Å². The number of hydrogen-bond acceptors (Lipinski definition) is 2. The van der Waals surface area contributed by atoms with Crippen molar-refractivity contribution < 1.29 is 4.74 Å². The number of unbranched alkanes of at least 4 members (excludes halogenated alkanes) is 1. The molecule has 1 N–H and O–H groups in total. The topological polar surface area (TPSA) is 21.3 Å². The molecule has 1 heterocycles. The molecule has 0 saturated carbocycles. The average Bonchev–Trinajstić information content (AvgIpc) is 2.76. The van der Waals surface area contributed by atoms with Crippen LogP contribution in [-0.4, -0.2) is 25.8 Å². The molecule has 0 aromatic heterocycles. The highest BCUT2D eigenvalue weighted by molar-refractivity contribution is 4.85. The number of nitrogens with one attached hydrogen (secondary N) is 1. The Hall–Kier alpha value is -0.0800. The predicted octanol–water partition coefficient (Wildman–Crippen LogP) is 3.61. The number of rotatable bonds is 8. The van der Waals surface area contributed by atoms with E-state index in [1.807, 2.05) is 0 Å². The summed E-state index contributed by atoms with van der Waals surface area (Å²) >= 11 is 0. The highest BCUT2D eigenvalue weighted by Gasteiger charge is 2.31. The van der Waals surface area contributed by atoms with Crippen molar-refractivity contribution in [2.24, 2.45) is 11.8 Å². The van der Waals surface area contributed by atoms with Gasteiger partial charge in [-0.15, -0.1) is 0 Å². The van der Waals surface area contributed by atoms with Gasteiger partial charge < -0.3 is 10.1 Å². The molecule has 2 heteroatoms. The summed E-state index contributed by atoms with van der Waals surface area (Å²) < 4.78 is 5.70. The Morgan fingerprint density at radius 3 is 2.59 bits per heavy atom. The number of ether oxygens (including phenoxy) is 1. The average molecular weight is 241 g/mol. The van der Waals surface area contributed by atoms with Crippen LogP contribution in [0.15, 0.2) is 0 Å². The Kier molecular flexibility index (Phi) is 7.14. The molecule has 0 radical (unpaired) electrons. The first-order valence-electron chi connectivity index (χ1n) is 7.51. The second-order valence-electron chi connectivity index (χ2n) is 5.58. The van der Waals surface area contributed by atoms with Crippen LogP contribution in [0, 0.1) is 11.8 Å². The van der Waals surface area contributed by atoms with Gasteiger partial charge in [0.05, 0.1) is 6.10 Å². The lowest BCUT2D eigenvalue weighted by Crippen LogP contribution is -2.38. The zero-order chi connectivity index (χ0) is 12.7. The van der Waals surface area contributed by atoms with Gasteiger partial charge in [0.15, 0.2) is 0 Å². The molecule has 0 aromatic carbocycles. The Morgan fingerprint density at radius 2 is 2.12 bits per heavy atom. The first kappa shape index (κ1) is 15.0. The fourth-order valence-corrected chi connectivity index (χ4v) is 3.12. The first-order chi connectivity index (χ1) is 8.22. The lowest BCUT2D eigenvalue weighted by atomic mass is 9.84. The fraction of sp³-hybridized carbons (Fsp3) is 1.00. The summed E-state index contributed by atoms with van der Waals surface area (Å²) in [5.74, 6) is 1.61. The number of hydrogen-bond donors (Lipinski definition) is 1. The van der Waals surface area contributed by atoms with Crippen molar-refractivity contribution in [3.8, 4) is 0 Å². The second kappa shape index (κ2) is 8.10. The molecule has 0 bridgehead atoms. The lowest BCUT2D eigenvalue weighted by Gasteiger charge is -2.29. The quantitative estimate of drug-likeness (QED) is 0.701. The van der Waals surface area contributed by atoms with E-state index in [2.05, 4.69) is 33.1 Å². The summed E-state index contributed by atoms with van der Waals surface area (Å²) in [6.07, 6.45) is 8.42. The third-order valence-corrected chi connectivity index (χ3v) is 4.45. The fourth-order valence-electron chi connectivity index (χ4n) is 3.12. The molecule has 102 valence electrons. The third-order valence-electron chi connectivity index (χ3n) is 4.45. The van der Waals surface area contributed by atoms with Gasteiger partial charge in [0, 0.05) is 18.6 Å². The Balaban J connectivity index is 2.43. The molecule has 0 aliphatic carbocycles. The molecule has 0 amide bonds. The van der Waals surface area contributed by atoms with Crippen molar-refractivity contribution in [2.45, 2.75) is 71.4 Å². The molecular formula is C15H31NO. The van der Waals surface area contributed by atoms with Crippen molar-refractivity contribution in [1.29, 1.82) is 0 Å². The summed E-state index contributed by atoms with van der Waals surface area (Å²) in [5, 5.41) is 3.54. The smallest absolute Gasteiger partial charge is 0.0590 e. The summed E-state index contributed by atoms with van der Waals surface area (Å²) in [4.78, 5) is 0. The van der Waals surface area contributed by atoms with Crippen molar-refractivity contribution in [1.82, 2.24) is 5.32 Å². The summed E-state index contributed by atoms with van der Waals surface area (Å²) in [5.41, 5.74) is 0. The predicted molar refractivity (Wildman–Crippen MR) is 74.3 cm³/mol. The van der Waals surface area contributed by atoms with Gasteiger partial charge in [0.2, 0.25) is 0 Å². The van der Waals surface area contributed by atoms with Gasteiger partial charge >= 0.3 is 0 Å². The van der Waals surface area contributed by atoms with Crippen LogP contribution in [0.25, 0.3) is 0 Å². The molecule has 4 atom stereocenters. The molecule has 2 nitrogen and oxygen atoms in total. The molecule has 4 unspecified atom stereocenters. The van der Waals surface area contributed by atoms with E-state index < -0.39 is 0 Å². The van der Waals surface area contributed by atoms with E-state index in [1.54, 1.807) is 0 Å². The molecule has 17 heavy (non-hydrogen) atoms. The van der Waals surface area contributed by atoms with Crippen LogP contribution >= 0.6 is 0 Å². The van der Waals surface area contributed by atoms with Crippen molar-refractivity contribution in [3.05, 3.63) is 0 Å². The van der Waals surface area contributed by atoms with Gasteiger partial charge in [-0.25, -0.2) is 0 Å². The highest BCUT2D eigenvalue weighted by atomic mass is 16.5. The minimum absolute atomic E-state index is 0.441. The zero-order valence-corrected chi connectivity index (χ0v) is 12.2. The maximum absolute atomic E-state index is 5.70. The summed E-state index contributed by atoms with van der Waals surface area (Å²) in [6.45, 7) is 7.81. The van der Waals surface area contributed by atoms with E-state index in [1.165, 1.54) is 38.5 Å². The van der Waals surface area contributed by atoms with Crippen molar-refractivity contribution in [2.75, 3.05) is 13.7 Å².